The number of likely N-dealkylation sites (N-methyl/N-ethyl adjacent to an activating group) is 1. The lowest BCUT2D eigenvalue weighted by Crippen LogP contribution is -2.46. The average Bonchev–Trinajstić information content (AvgIpc) is 3.18. The highest BCUT2D eigenvalue weighted by atomic mass is 19.4. The van der Waals surface area contributed by atoms with Crippen LogP contribution in [0.1, 0.15) is 18.9 Å². The van der Waals surface area contributed by atoms with Crippen molar-refractivity contribution >= 4 is 17.5 Å². The van der Waals surface area contributed by atoms with Gasteiger partial charge < -0.3 is 5.43 Å². The lowest BCUT2D eigenvalue weighted by Gasteiger charge is -2.25. The van der Waals surface area contributed by atoms with Gasteiger partial charge in [-0.3, -0.25) is 19.4 Å². The summed E-state index contributed by atoms with van der Waals surface area (Å²) in [6.45, 7) is 0.959. The number of nitrogens with zero attached hydrogens (tertiary/aromatic N) is 6. The van der Waals surface area contributed by atoms with Gasteiger partial charge in [-0.05, 0) is 12.5 Å². The predicted molar refractivity (Wildman–Crippen MR) is 94.8 cm³/mol. The van der Waals surface area contributed by atoms with Crippen LogP contribution < -0.4 is 5.43 Å². The Bertz CT molecular complexity index is 941. The Morgan fingerprint density at radius 1 is 1.39 bits per heavy atom. The van der Waals surface area contributed by atoms with Crippen molar-refractivity contribution < 1.29 is 18.0 Å². The van der Waals surface area contributed by atoms with Crippen molar-refractivity contribution in [2.24, 2.45) is 9.98 Å². The topological polar surface area (TPSA) is 78.1 Å². The van der Waals surface area contributed by atoms with Crippen LogP contribution in [0.25, 0.3) is 0 Å². The van der Waals surface area contributed by atoms with Gasteiger partial charge in [0.25, 0.3) is 0 Å². The number of carbonyl (C=O) groups is 1. The normalized spacial score (nSPS) is 23.8. The van der Waals surface area contributed by atoms with E-state index in [9.17, 15) is 18.0 Å². The van der Waals surface area contributed by atoms with E-state index >= 15 is 0 Å². The maximum absolute atomic E-state index is 12.5. The number of hydrazine groups is 1. The second-order valence-corrected chi connectivity index (χ2v) is 6.82. The summed E-state index contributed by atoms with van der Waals surface area (Å²) < 4.78 is 38.3. The van der Waals surface area contributed by atoms with E-state index in [-0.39, 0.29) is 18.5 Å². The molecule has 148 valence electrons. The average molecular weight is 393 g/mol. The van der Waals surface area contributed by atoms with Gasteiger partial charge in [0.05, 0.1) is 24.9 Å². The molecular weight excluding hydrogens is 375 g/mol. The molecule has 3 aliphatic rings. The van der Waals surface area contributed by atoms with Crippen LogP contribution in [0.2, 0.25) is 0 Å². The second kappa shape index (κ2) is 6.59. The maximum atomic E-state index is 12.5. The van der Waals surface area contributed by atoms with E-state index in [1.54, 1.807) is 11.1 Å². The van der Waals surface area contributed by atoms with Crippen LogP contribution >= 0.6 is 0 Å². The molecule has 1 amide bonds. The van der Waals surface area contributed by atoms with Gasteiger partial charge in [-0.25, -0.2) is 10.0 Å². The molecule has 4 rings (SSSR count). The van der Waals surface area contributed by atoms with Gasteiger partial charge in [0.15, 0.2) is 5.84 Å². The molecule has 1 N–H and O–H groups in total. The molecule has 0 aromatic carbocycles. The fourth-order valence-corrected chi connectivity index (χ4v) is 3.38. The van der Waals surface area contributed by atoms with Crippen LogP contribution in [-0.4, -0.2) is 56.4 Å². The molecule has 0 bridgehead atoms. The first-order chi connectivity index (χ1) is 13.2. The molecule has 0 radical (unpaired) electrons. The van der Waals surface area contributed by atoms with E-state index in [0.717, 1.165) is 16.0 Å². The lowest BCUT2D eigenvalue weighted by molar-refractivity contribution is -0.142. The molecule has 11 heteroatoms. The molecule has 1 aromatic rings. The second-order valence-electron chi connectivity index (χ2n) is 6.82. The zero-order valence-electron chi connectivity index (χ0n) is 15.2. The van der Waals surface area contributed by atoms with Gasteiger partial charge in [-0.1, -0.05) is 0 Å². The van der Waals surface area contributed by atoms with Crippen molar-refractivity contribution in [3.8, 4) is 0 Å². The van der Waals surface area contributed by atoms with Crippen LogP contribution in [0.15, 0.2) is 46.0 Å². The van der Waals surface area contributed by atoms with Crippen LogP contribution in [-0.2, 0) is 17.9 Å². The Balaban J connectivity index is 1.62. The quantitative estimate of drug-likeness (QED) is 0.846. The third-order valence-corrected chi connectivity index (χ3v) is 4.84. The summed E-state index contributed by atoms with van der Waals surface area (Å²) in [6, 6.07) is -0.0529. The van der Waals surface area contributed by atoms with E-state index in [4.69, 9.17) is 0 Å². The van der Waals surface area contributed by atoms with Crippen LogP contribution in [0.3, 0.4) is 0 Å². The first-order valence-electron chi connectivity index (χ1n) is 8.65. The number of alkyl halides is 3. The number of halogens is 3. The van der Waals surface area contributed by atoms with Gasteiger partial charge in [0.2, 0.25) is 5.91 Å². The molecule has 0 spiro atoms. The minimum Gasteiger partial charge on any atom is -0.301 e. The van der Waals surface area contributed by atoms with Crippen molar-refractivity contribution in [1.82, 2.24) is 25.1 Å². The number of hydrogen-bond acceptors (Lipinski definition) is 5. The molecule has 0 saturated heterocycles. The number of carbonyl (C=O) groups excluding carboxylic acids is 1. The monoisotopic (exact) mass is 393 g/mol. The number of amides is 1. The van der Waals surface area contributed by atoms with Crippen molar-refractivity contribution in [2.45, 2.75) is 38.7 Å². The third kappa shape index (κ3) is 3.33. The molecule has 28 heavy (non-hydrogen) atoms. The van der Waals surface area contributed by atoms with Crippen LogP contribution in [0.5, 0.6) is 0 Å². The Morgan fingerprint density at radius 2 is 2.18 bits per heavy atom. The van der Waals surface area contributed by atoms with Gasteiger partial charge in [0, 0.05) is 37.2 Å². The number of aliphatic imine (C=N–C) groups is 2. The third-order valence-electron chi connectivity index (χ3n) is 4.84. The van der Waals surface area contributed by atoms with Crippen molar-refractivity contribution in [3.63, 3.8) is 0 Å². The van der Waals surface area contributed by atoms with Gasteiger partial charge in [-0.2, -0.15) is 18.3 Å². The summed E-state index contributed by atoms with van der Waals surface area (Å²) in [5, 5.41) is 5.57. The molecule has 0 fully saturated rings. The van der Waals surface area contributed by atoms with Crippen molar-refractivity contribution in [2.75, 3.05) is 7.05 Å². The Hall–Kier alpha value is -2.95. The van der Waals surface area contributed by atoms with Crippen LogP contribution in [0, 0.1) is 0 Å². The smallest absolute Gasteiger partial charge is 0.301 e. The molecule has 0 aliphatic carbocycles. The summed E-state index contributed by atoms with van der Waals surface area (Å²) in [5.74, 6) is 0.426. The SMILES string of the molecule is CC1C2=C3C(=NC=CN3C(=O)C2)C(=NCc2cnn(CC(F)(F)F)c2)NN1C. The molecule has 1 atom stereocenters. The number of hydrogen-bond donors (Lipinski definition) is 1. The molecule has 8 nitrogen and oxygen atoms in total. The van der Waals surface area contributed by atoms with Crippen LogP contribution in [0.4, 0.5) is 13.2 Å². The minimum absolute atomic E-state index is 0.0245. The Labute approximate surface area is 158 Å². The standard InChI is InChI=1S/C17H18F3N7O/c1-10-12-5-13(28)27-4-3-21-14(15(12)27)16(24-25(10)2)22-6-11-7-23-26(8-11)9-17(18,19)20/h3-4,7-8,10H,5-6,9H2,1-2H3,(H,22,24). The number of aromatic nitrogens is 2. The Morgan fingerprint density at radius 3 is 2.93 bits per heavy atom. The highest BCUT2D eigenvalue weighted by Gasteiger charge is 2.40. The summed E-state index contributed by atoms with van der Waals surface area (Å²) in [4.78, 5) is 22.8. The zero-order chi connectivity index (χ0) is 20.1. The summed E-state index contributed by atoms with van der Waals surface area (Å²) in [6.07, 6.45) is 1.82. The highest BCUT2D eigenvalue weighted by molar-refractivity contribution is 6.48. The highest BCUT2D eigenvalue weighted by Crippen LogP contribution is 2.33. The zero-order valence-corrected chi connectivity index (χ0v) is 15.2. The molecule has 3 aliphatic heterocycles. The number of nitrogens with one attached hydrogen (secondary N) is 1. The molecule has 0 saturated carbocycles. The summed E-state index contributed by atoms with van der Waals surface area (Å²) >= 11 is 0. The van der Waals surface area contributed by atoms with Gasteiger partial charge >= 0.3 is 6.18 Å². The van der Waals surface area contributed by atoms with E-state index in [0.29, 0.717) is 23.5 Å². The largest absolute Gasteiger partial charge is 0.408 e. The van der Waals surface area contributed by atoms with E-state index < -0.39 is 12.7 Å². The maximum Gasteiger partial charge on any atom is 0.408 e. The summed E-state index contributed by atoms with van der Waals surface area (Å²) in [5.41, 5.74) is 5.93. The number of rotatable bonds is 3. The minimum atomic E-state index is -4.33. The number of amidine groups is 1. The van der Waals surface area contributed by atoms with E-state index in [1.807, 2.05) is 19.0 Å². The summed E-state index contributed by atoms with van der Waals surface area (Å²) in [7, 11) is 1.84. The van der Waals surface area contributed by atoms with E-state index in [2.05, 4.69) is 20.5 Å². The van der Waals surface area contributed by atoms with Gasteiger partial charge in [0.1, 0.15) is 12.3 Å². The molecular formula is C17H18F3N7O. The van der Waals surface area contributed by atoms with Crippen molar-refractivity contribution in [1.29, 1.82) is 0 Å². The fraction of sp³-hybridized carbons (Fsp3) is 0.412. The first-order valence-corrected chi connectivity index (χ1v) is 8.65. The molecule has 1 aromatic heterocycles. The first kappa shape index (κ1) is 18.4. The molecule has 4 heterocycles. The Kier molecular flexibility index (Phi) is 4.33. The fourth-order valence-electron chi connectivity index (χ4n) is 3.38. The van der Waals surface area contributed by atoms with Gasteiger partial charge in [-0.15, -0.1) is 0 Å². The predicted octanol–water partition coefficient (Wildman–Crippen LogP) is 1.59. The molecule has 1 unspecified atom stereocenters. The lowest BCUT2D eigenvalue weighted by atomic mass is 10.0. The van der Waals surface area contributed by atoms with E-state index in [1.165, 1.54) is 18.6 Å². The van der Waals surface area contributed by atoms with Crippen molar-refractivity contribution in [3.05, 3.63) is 41.6 Å².